The van der Waals surface area contributed by atoms with Crippen molar-refractivity contribution in [2.75, 3.05) is 19.0 Å². The van der Waals surface area contributed by atoms with Gasteiger partial charge in [-0.2, -0.15) is 0 Å². The number of halogens is 1. The Hall–Kier alpha value is -3.39. The molecular formula is C21H19ClN2O6. The number of esters is 1. The molecule has 0 saturated heterocycles. The van der Waals surface area contributed by atoms with E-state index < -0.39 is 29.8 Å². The van der Waals surface area contributed by atoms with E-state index in [9.17, 15) is 19.2 Å². The number of hydrogen-bond donors (Lipinski definition) is 1. The quantitative estimate of drug-likeness (QED) is 0.535. The van der Waals surface area contributed by atoms with E-state index in [4.69, 9.17) is 21.1 Å². The number of benzene rings is 2. The zero-order valence-electron chi connectivity index (χ0n) is 16.3. The van der Waals surface area contributed by atoms with Crippen LogP contribution in [0.3, 0.4) is 0 Å². The summed E-state index contributed by atoms with van der Waals surface area (Å²) in [5, 5.41) is 2.91. The van der Waals surface area contributed by atoms with Gasteiger partial charge in [0.15, 0.2) is 6.10 Å². The highest BCUT2D eigenvalue weighted by molar-refractivity contribution is 6.32. The van der Waals surface area contributed by atoms with Gasteiger partial charge >= 0.3 is 5.97 Å². The van der Waals surface area contributed by atoms with Crippen molar-refractivity contribution in [2.24, 2.45) is 0 Å². The van der Waals surface area contributed by atoms with E-state index in [2.05, 4.69) is 5.32 Å². The molecule has 1 aliphatic rings. The smallest absolute Gasteiger partial charge is 0.308 e. The molecule has 0 radical (unpaired) electrons. The lowest BCUT2D eigenvalue weighted by Crippen LogP contribution is -2.34. The highest BCUT2D eigenvalue weighted by Crippen LogP contribution is 2.27. The number of ether oxygens (including phenoxy) is 2. The second-order valence-corrected chi connectivity index (χ2v) is 6.94. The van der Waals surface area contributed by atoms with Crippen LogP contribution >= 0.6 is 11.6 Å². The standard InChI is InChI=1S/C21H19ClN2O6/c1-12(19(26)23-13-7-8-17(29-2)16(22)11-13)30-18(25)9-10-24-20(27)14-5-3-4-6-15(14)21(24)28/h3-8,11-12H,9-10H2,1-2H3,(H,23,26). The van der Waals surface area contributed by atoms with Crippen molar-refractivity contribution in [3.8, 4) is 5.75 Å². The Morgan fingerprint density at radius 2 is 1.73 bits per heavy atom. The Labute approximate surface area is 177 Å². The number of fused-ring (bicyclic) bond motifs is 1. The van der Waals surface area contributed by atoms with Crippen molar-refractivity contribution in [1.29, 1.82) is 0 Å². The van der Waals surface area contributed by atoms with Gasteiger partial charge in [0, 0.05) is 12.2 Å². The lowest BCUT2D eigenvalue weighted by Gasteiger charge is -2.16. The van der Waals surface area contributed by atoms with Gasteiger partial charge in [0.1, 0.15) is 5.75 Å². The van der Waals surface area contributed by atoms with Gasteiger partial charge < -0.3 is 14.8 Å². The van der Waals surface area contributed by atoms with Crippen molar-refractivity contribution < 1.29 is 28.7 Å². The Kier molecular flexibility index (Phi) is 6.37. The summed E-state index contributed by atoms with van der Waals surface area (Å²) in [4.78, 5) is 49.9. The van der Waals surface area contributed by atoms with E-state index in [0.717, 1.165) is 4.90 Å². The van der Waals surface area contributed by atoms with E-state index in [1.165, 1.54) is 20.1 Å². The van der Waals surface area contributed by atoms with E-state index in [0.29, 0.717) is 27.6 Å². The average Bonchev–Trinajstić information content (AvgIpc) is 2.97. The summed E-state index contributed by atoms with van der Waals surface area (Å²) in [6, 6.07) is 11.2. The predicted molar refractivity (Wildman–Crippen MR) is 109 cm³/mol. The number of carbonyl (C=O) groups excluding carboxylic acids is 4. The normalized spacial score (nSPS) is 13.6. The third-order valence-corrected chi connectivity index (χ3v) is 4.81. The molecule has 0 bridgehead atoms. The first-order valence-corrected chi connectivity index (χ1v) is 9.48. The molecular weight excluding hydrogens is 412 g/mol. The summed E-state index contributed by atoms with van der Waals surface area (Å²) in [6.45, 7) is 1.29. The van der Waals surface area contributed by atoms with E-state index >= 15 is 0 Å². The van der Waals surface area contributed by atoms with Crippen LogP contribution in [0.1, 0.15) is 34.1 Å². The summed E-state index contributed by atoms with van der Waals surface area (Å²) in [7, 11) is 1.48. The molecule has 0 fully saturated rings. The third-order valence-electron chi connectivity index (χ3n) is 4.51. The van der Waals surface area contributed by atoms with Crippen molar-refractivity contribution in [2.45, 2.75) is 19.4 Å². The highest BCUT2D eigenvalue weighted by atomic mass is 35.5. The molecule has 3 amide bonds. The lowest BCUT2D eigenvalue weighted by atomic mass is 10.1. The van der Waals surface area contributed by atoms with Gasteiger partial charge in [-0.3, -0.25) is 24.1 Å². The second-order valence-electron chi connectivity index (χ2n) is 6.53. The summed E-state index contributed by atoms with van der Waals surface area (Å²) >= 11 is 6.02. The van der Waals surface area contributed by atoms with E-state index in [1.54, 1.807) is 36.4 Å². The fourth-order valence-corrected chi connectivity index (χ4v) is 3.20. The maximum Gasteiger partial charge on any atom is 0.308 e. The monoisotopic (exact) mass is 430 g/mol. The van der Waals surface area contributed by atoms with Crippen LogP contribution in [-0.2, 0) is 14.3 Å². The summed E-state index contributed by atoms with van der Waals surface area (Å²) in [6.07, 6.45) is -1.31. The molecule has 0 aromatic heterocycles. The molecule has 30 heavy (non-hydrogen) atoms. The van der Waals surface area contributed by atoms with Crippen LogP contribution in [0.5, 0.6) is 5.75 Å². The maximum atomic E-state index is 12.3. The predicted octanol–water partition coefficient (Wildman–Crippen LogP) is 2.91. The molecule has 0 spiro atoms. The molecule has 2 aromatic carbocycles. The number of methoxy groups -OCH3 is 1. The zero-order valence-corrected chi connectivity index (χ0v) is 17.1. The largest absolute Gasteiger partial charge is 0.495 e. The Morgan fingerprint density at radius 1 is 1.10 bits per heavy atom. The number of hydrogen-bond acceptors (Lipinski definition) is 6. The average molecular weight is 431 g/mol. The van der Waals surface area contributed by atoms with Crippen LogP contribution in [0.15, 0.2) is 42.5 Å². The Balaban J connectivity index is 1.51. The van der Waals surface area contributed by atoms with Gasteiger partial charge in [-0.15, -0.1) is 0 Å². The molecule has 3 rings (SSSR count). The molecule has 9 heteroatoms. The van der Waals surface area contributed by atoms with Gasteiger partial charge in [0.2, 0.25) is 0 Å². The number of carbonyl (C=O) groups is 4. The Morgan fingerprint density at radius 3 is 2.30 bits per heavy atom. The SMILES string of the molecule is COc1ccc(NC(=O)C(C)OC(=O)CCN2C(=O)c3ccccc3C2=O)cc1Cl. The second kappa shape index (κ2) is 8.96. The Bertz CT molecular complexity index is 987. The summed E-state index contributed by atoms with van der Waals surface area (Å²) < 4.78 is 10.2. The van der Waals surface area contributed by atoms with E-state index in [1.807, 2.05) is 0 Å². The molecule has 1 N–H and O–H groups in total. The van der Waals surface area contributed by atoms with Gasteiger partial charge in [-0.1, -0.05) is 23.7 Å². The minimum Gasteiger partial charge on any atom is -0.495 e. The van der Waals surface area contributed by atoms with Crippen LogP contribution < -0.4 is 10.1 Å². The van der Waals surface area contributed by atoms with Crippen molar-refractivity contribution in [3.05, 3.63) is 58.6 Å². The minimum atomic E-state index is -1.08. The van der Waals surface area contributed by atoms with Gasteiger partial charge in [0.05, 0.1) is 29.7 Å². The molecule has 0 aliphatic carbocycles. The number of imide groups is 1. The van der Waals surface area contributed by atoms with Crippen LogP contribution in [-0.4, -0.2) is 48.3 Å². The lowest BCUT2D eigenvalue weighted by molar-refractivity contribution is -0.153. The number of nitrogens with one attached hydrogen (secondary N) is 1. The first kappa shape index (κ1) is 21.3. The van der Waals surface area contributed by atoms with Crippen LogP contribution in [0.2, 0.25) is 5.02 Å². The molecule has 156 valence electrons. The van der Waals surface area contributed by atoms with Gasteiger partial charge in [-0.25, -0.2) is 0 Å². The fraction of sp³-hybridized carbons (Fsp3) is 0.238. The minimum absolute atomic E-state index is 0.131. The van der Waals surface area contributed by atoms with Crippen molar-refractivity contribution in [1.82, 2.24) is 4.90 Å². The fourth-order valence-electron chi connectivity index (χ4n) is 2.94. The first-order valence-electron chi connectivity index (χ1n) is 9.11. The number of anilines is 1. The van der Waals surface area contributed by atoms with Gasteiger partial charge in [-0.05, 0) is 37.3 Å². The number of amides is 3. The molecule has 8 nitrogen and oxygen atoms in total. The molecule has 1 unspecified atom stereocenters. The summed E-state index contributed by atoms with van der Waals surface area (Å²) in [5.74, 6) is -1.70. The summed E-state index contributed by atoms with van der Waals surface area (Å²) in [5.41, 5.74) is 1.03. The van der Waals surface area contributed by atoms with Crippen LogP contribution in [0, 0.1) is 0 Å². The highest BCUT2D eigenvalue weighted by Gasteiger charge is 2.35. The molecule has 1 heterocycles. The van der Waals surface area contributed by atoms with Gasteiger partial charge in [0.25, 0.3) is 17.7 Å². The van der Waals surface area contributed by atoms with Crippen LogP contribution in [0.25, 0.3) is 0 Å². The molecule has 0 saturated carbocycles. The van der Waals surface area contributed by atoms with Crippen LogP contribution in [0.4, 0.5) is 5.69 Å². The topological polar surface area (TPSA) is 102 Å². The zero-order chi connectivity index (χ0) is 21.8. The van der Waals surface area contributed by atoms with E-state index in [-0.39, 0.29) is 13.0 Å². The maximum absolute atomic E-state index is 12.3. The number of nitrogens with zero attached hydrogens (tertiary/aromatic N) is 1. The molecule has 1 atom stereocenters. The number of rotatable bonds is 7. The first-order chi connectivity index (χ1) is 14.3. The molecule has 2 aromatic rings. The van der Waals surface area contributed by atoms with Crippen molar-refractivity contribution in [3.63, 3.8) is 0 Å². The molecule has 1 aliphatic heterocycles. The third kappa shape index (κ3) is 4.44. The van der Waals surface area contributed by atoms with Crippen molar-refractivity contribution >= 4 is 41.0 Å².